The second-order valence-electron chi connectivity index (χ2n) is 6.15. The molecular formula is C18H16F2N4O4. The van der Waals surface area contributed by atoms with Crippen LogP contribution in [0.1, 0.15) is 25.2 Å². The van der Waals surface area contributed by atoms with Gasteiger partial charge >= 0.3 is 6.43 Å². The molecule has 0 atom stereocenters. The summed E-state index contributed by atoms with van der Waals surface area (Å²) in [5.41, 5.74) is 0.528. The van der Waals surface area contributed by atoms with Gasteiger partial charge in [0, 0.05) is 30.8 Å². The van der Waals surface area contributed by atoms with Gasteiger partial charge < -0.3 is 18.9 Å². The van der Waals surface area contributed by atoms with Crippen LogP contribution in [0.3, 0.4) is 0 Å². The highest BCUT2D eigenvalue weighted by atomic mass is 19.3. The van der Waals surface area contributed by atoms with Gasteiger partial charge in [0.25, 0.3) is 11.4 Å². The third-order valence-corrected chi connectivity index (χ3v) is 4.27. The van der Waals surface area contributed by atoms with Crippen molar-refractivity contribution in [2.24, 2.45) is 0 Å². The molecule has 4 rings (SSSR count). The first-order chi connectivity index (χ1) is 13.6. The zero-order chi connectivity index (χ0) is 19.5. The van der Waals surface area contributed by atoms with Gasteiger partial charge in [-0.25, -0.2) is 0 Å². The molecule has 1 aliphatic rings. The van der Waals surface area contributed by atoms with E-state index < -0.39 is 12.3 Å². The molecule has 0 saturated carbocycles. The first-order valence-corrected chi connectivity index (χ1v) is 8.66. The van der Waals surface area contributed by atoms with Crippen LogP contribution >= 0.6 is 0 Å². The zero-order valence-electron chi connectivity index (χ0n) is 14.6. The SMILES string of the molecule is O=c1[nH]ccc(OC2CCOCC2)c1-c1cc(-c2nnc(C(F)F)o2)ccn1. The lowest BCUT2D eigenvalue weighted by Crippen LogP contribution is -2.27. The van der Waals surface area contributed by atoms with E-state index in [2.05, 4.69) is 20.2 Å². The van der Waals surface area contributed by atoms with Crippen molar-refractivity contribution in [3.63, 3.8) is 0 Å². The van der Waals surface area contributed by atoms with E-state index in [4.69, 9.17) is 13.9 Å². The molecule has 1 aliphatic heterocycles. The summed E-state index contributed by atoms with van der Waals surface area (Å²) in [7, 11) is 0. The van der Waals surface area contributed by atoms with Crippen LogP contribution in [0.5, 0.6) is 5.75 Å². The number of H-pyrrole nitrogens is 1. The van der Waals surface area contributed by atoms with E-state index in [0.717, 1.165) is 12.8 Å². The van der Waals surface area contributed by atoms with Crippen molar-refractivity contribution < 1.29 is 22.7 Å². The van der Waals surface area contributed by atoms with E-state index in [9.17, 15) is 13.6 Å². The van der Waals surface area contributed by atoms with Crippen LogP contribution in [-0.2, 0) is 4.74 Å². The predicted octanol–water partition coefficient (Wildman–Crippen LogP) is 2.98. The molecule has 8 nitrogen and oxygen atoms in total. The Hall–Kier alpha value is -3.14. The predicted molar refractivity (Wildman–Crippen MR) is 93.0 cm³/mol. The van der Waals surface area contributed by atoms with E-state index in [0.29, 0.717) is 30.2 Å². The second kappa shape index (κ2) is 7.85. The monoisotopic (exact) mass is 390 g/mol. The zero-order valence-corrected chi connectivity index (χ0v) is 14.6. The Morgan fingerprint density at radius 1 is 1.21 bits per heavy atom. The number of pyridine rings is 2. The fraction of sp³-hybridized carbons (Fsp3) is 0.333. The normalized spacial score (nSPS) is 15.1. The van der Waals surface area contributed by atoms with E-state index in [1.165, 1.54) is 24.5 Å². The Morgan fingerprint density at radius 3 is 2.79 bits per heavy atom. The number of ether oxygens (including phenoxy) is 2. The molecular weight excluding hydrogens is 374 g/mol. The number of hydrogen-bond acceptors (Lipinski definition) is 7. The van der Waals surface area contributed by atoms with Crippen molar-refractivity contribution in [1.29, 1.82) is 0 Å². The molecule has 3 aromatic rings. The number of aromatic nitrogens is 4. The van der Waals surface area contributed by atoms with Crippen molar-refractivity contribution in [3.05, 3.63) is 46.8 Å². The smallest absolute Gasteiger partial charge is 0.314 e. The molecule has 1 saturated heterocycles. The Morgan fingerprint density at radius 2 is 2.04 bits per heavy atom. The maximum atomic E-state index is 12.7. The molecule has 0 amide bonds. The highest BCUT2D eigenvalue weighted by Gasteiger charge is 2.21. The minimum atomic E-state index is -2.86. The molecule has 0 unspecified atom stereocenters. The number of nitrogens with zero attached hydrogens (tertiary/aromatic N) is 3. The largest absolute Gasteiger partial charge is 0.489 e. The quantitative estimate of drug-likeness (QED) is 0.714. The minimum absolute atomic E-state index is 0.0676. The van der Waals surface area contributed by atoms with Gasteiger partial charge in [-0.3, -0.25) is 9.78 Å². The molecule has 28 heavy (non-hydrogen) atoms. The van der Waals surface area contributed by atoms with Crippen LogP contribution in [0, 0.1) is 0 Å². The summed E-state index contributed by atoms with van der Waals surface area (Å²) in [4.78, 5) is 19.3. The number of aromatic amines is 1. The minimum Gasteiger partial charge on any atom is -0.489 e. The van der Waals surface area contributed by atoms with Gasteiger partial charge in [-0.1, -0.05) is 0 Å². The molecule has 146 valence electrons. The summed E-state index contributed by atoms with van der Waals surface area (Å²) in [6.07, 6.45) is 1.44. The molecule has 0 aromatic carbocycles. The van der Waals surface area contributed by atoms with E-state index in [-0.39, 0.29) is 23.1 Å². The van der Waals surface area contributed by atoms with Crippen molar-refractivity contribution in [1.82, 2.24) is 20.2 Å². The van der Waals surface area contributed by atoms with Crippen LogP contribution in [0.25, 0.3) is 22.7 Å². The first kappa shape index (κ1) is 18.2. The lowest BCUT2D eigenvalue weighted by molar-refractivity contribution is 0.0257. The van der Waals surface area contributed by atoms with Gasteiger partial charge in [0.1, 0.15) is 17.4 Å². The molecule has 0 spiro atoms. The van der Waals surface area contributed by atoms with Gasteiger partial charge in [0.2, 0.25) is 5.89 Å². The van der Waals surface area contributed by atoms with E-state index in [1.807, 2.05) is 0 Å². The van der Waals surface area contributed by atoms with Crippen LogP contribution in [0.2, 0.25) is 0 Å². The molecule has 1 N–H and O–H groups in total. The Bertz CT molecular complexity index is 1010. The summed E-state index contributed by atoms with van der Waals surface area (Å²) in [6.45, 7) is 1.20. The van der Waals surface area contributed by atoms with Crippen LogP contribution in [-0.4, -0.2) is 39.5 Å². The third-order valence-electron chi connectivity index (χ3n) is 4.27. The molecule has 0 radical (unpaired) electrons. The van der Waals surface area contributed by atoms with Crippen molar-refractivity contribution >= 4 is 0 Å². The highest BCUT2D eigenvalue weighted by Crippen LogP contribution is 2.30. The summed E-state index contributed by atoms with van der Waals surface area (Å²) in [5, 5.41) is 6.94. The van der Waals surface area contributed by atoms with Crippen LogP contribution < -0.4 is 10.3 Å². The van der Waals surface area contributed by atoms with E-state index >= 15 is 0 Å². The maximum absolute atomic E-state index is 12.7. The fourth-order valence-electron chi connectivity index (χ4n) is 2.91. The third kappa shape index (κ3) is 3.77. The van der Waals surface area contributed by atoms with Gasteiger partial charge in [-0.15, -0.1) is 10.2 Å². The standard InChI is InChI=1S/C18H16F2N4O4/c19-15(20)18-24-23-17(28-18)10-1-5-21-12(9-10)14-13(2-6-22-16(14)25)27-11-3-7-26-8-4-11/h1-2,5-6,9,11,15H,3-4,7-8H2,(H,22,25). The number of alkyl halides is 2. The molecule has 1 fully saturated rings. The van der Waals surface area contributed by atoms with Gasteiger partial charge in [-0.05, 0) is 18.2 Å². The number of nitrogens with one attached hydrogen (secondary N) is 1. The second-order valence-corrected chi connectivity index (χ2v) is 6.15. The summed E-state index contributed by atoms with van der Waals surface area (Å²) in [5.74, 6) is -0.466. The number of halogens is 2. The van der Waals surface area contributed by atoms with Crippen molar-refractivity contribution in [3.8, 4) is 28.5 Å². The lowest BCUT2D eigenvalue weighted by atomic mass is 10.1. The van der Waals surface area contributed by atoms with Gasteiger partial charge in [0.05, 0.1) is 18.9 Å². The van der Waals surface area contributed by atoms with Gasteiger partial charge in [-0.2, -0.15) is 8.78 Å². The summed E-state index contributed by atoms with van der Waals surface area (Å²) >= 11 is 0. The van der Waals surface area contributed by atoms with Crippen LogP contribution in [0.15, 0.2) is 39.8 Å². The number of hydrogen-bond donors (Lipinski definition) is 1. The molecule has 3 aromatic heterocycles. The number of rotatable bonds is 5. The van der Waals surface area contributed by atoms with Crippen molar-refractivity contribution in [2.75, 3.05) is 13.2 Å². The van der Waals surface area contributed by atoms with Crippen molar-refractivity contribution in [2.45, 2.75) is 25.4 Å². The maximum Gasteiger partial charge on any atom is 0.314 e. The van der Waals surface area contributed by atoms with E-state index in [1.54, 1.807) is 6.07 Å². The highest BCUT2D eigenvalue weighted by molar-refractivity contribution is 5.70. The average Bonchev–Trinajstić information content (AvgIpc) is 3.20. The Kier molecular flexibility index (Phi) is 5.11. The fourth-order valence-corrected chi connectivity index (χ4v) is 2.91. The molecule has 0 bridgehead atoms. The van der Waals surface area contributed by atoms with Gasteiger partial charge in [0.15, 0.2) is 0 Å². The summed E-state index contributed by atoms with van der Waals surface area (Å²) in [6, 6.07) is 4.70. The Balaban J connectivity index is 1.69. The topological polar surface area (TPSA) is 103 Å². The summed E-state index contributed by atoms with van der Waals surface area (Å²) < 4.78 is 41.7. The Labute approximate surface area is 157 Å². The first-order valence-electron chi connectivity index (χ1n) is 8.66. The lowest BCUT2D eigenvalue weighted by Gasteiger charge is -2.24. The molecule has 4 heterocycles. The van der Waals surface area contributed by atoms with Crippen LogP contribution in [0.4, 0.5) is 8.78 Å². The molecule has 10 heteroatoms. The molecule has 0 aliphatic carbocycles. The average molecular weight is 390 g/mol.